The minimum atomic E-state index is 0.917. The first-order valence-corrected chi connectivity index (χ1v) is 14.2. The summed E-state index contributed by atoms with van der Waals surface area (Å²) in [6.45, 7) is 0. The minimum absolute atomic E-state index is 0.917. The second-order valence-corrected chi connectivity index (χ2v) is 10.8. The first kappa shape index (κ1) is 23.1. The van der Waals surface area contributed by atoms with E-state index in [0.29, 0.717) is 0 Å². The molecule has 0 spiro atoms. The molecule has 0 aliphatic carbocycles. The molecule has 3 heteroatoms. The molecular formula is C39H24N2O. The average Bonchev–Trinajstić information content (AvgIpc) is 3.71. The Labute approximate surface area is 241 Å². The highest BCUT2D eigenvalue weighted by Gasteiger charge is 2.14. The van der Waals surface area contributed by atoms with Crippen LogP contribution in [-0.2, 0) is 0 Å². The first-order chi connectivity index (χ1) is 20.8. The third-order valence-corrected chi connectivity index (χ3v) is 8.46. The number of rotatable bonds is 3. The van der Waals surface area contributed by atoms with Gasteiger partial charge in [0.15, 0.2) is 0 Å². The third-order valence-electron chi connectivity index (χ3n) is 8.46. The lowest BCUT2D eigenvalue weighted by molar-refractivity contribution is 0.670. The van der Waals surface area contributed by atoms with Gasteiger partial charge in [0.25, 0.3) is 0 Å². The summed E-state index contributed by atoms with van der Waals surface area (Å²) in [4.78, 5) is 4.64. The van der Waals surface area contributed by atoms with Crippen LogP contribution < -0.4 is 0 Å². The summed E-state index contributed by atoms with van der Waals surface area (Å²) < 4.78 is 8.53. The molecule has 0 fully saturated rings. The number of aromatic nitrogens is 2. The Hall–Kier alpha value is -5.67. The van der Waals surface area contributed by atoms with Crippen molar-refractivity contribution in [3.63, 3.8) is 0 Å². The van der Waals surface area contributed by atoms with Gasteiger partial charge in [-0.1, -0.05) is 103 Å². The van der Waals surface area contributed by atoms with E-state index in [1.165, 1.54) is 33.0 Å². The van der Waals surface area contributed by atoms with Crippen molar-refractivity contribution in [2.45, 2.75) is 0 Å². The Morgan fingerprint density at radius 1 is 0.476 bits per heavy atom. The highest BCUT2D eigenvalue weighted by atomic mass is 16.3. The van der Waals surface area contributed by atoms with Crippen LogP contribution in [0.4, 0.5) is 0 Å². The molecule has 0 saturated carbocycles. The lowest BCUT2D eigenvalue weighted by atomic mass is 9.94. The van der Waals surface area contributed by atoms with Gasteiger partial charge < -0.3 is 4.42 Å². The largest absolute Gasteiger partial charge is 0.455 e. The quantitative estimate of drug-likeness (QED) is 0.210. The molecule has 9 rings (SSSR count). The zero-order chi connectivity index (χ0) is 27.6. The number of imidazole rings is 1. The smallest absolute Gasteiger partial charge is 0.145 e. The van der Waals surface area contributed by atoms with Crippen molar-refractivity contribution >= 4 is 49.3 Å². The van der Waals surface area contributed by atoms with E-state index in [-0.39, 0.29) is 0 Å². The standard InChI is InChI=1S/C39H24N2O/c1-2-14-34-31(12-1)35-24-28(18-19-36(35)41-21-20-40-39(34)41)26-9-5-8-25(22-26)27-10-6-11-29(23-27)30-15-7-16-33-32-13-3-4-17-37(32)42-38(30)33/h1-24H. The Morgan fingerprint density at radius 2 is 1.12 bits per heavy atom. The molecule has 0 saturated heterocycles. The Kier molecular flexibility index (Phi) is 4.90. The maximum atomic E-state index is 6.34. The molecule has 0 aliphatic rings. The minimum Gasteiger partial charge on any atom is -0.455 e. The van der Waals surface area contributed by atoms with Gasteiger partial charge in [-0.3, -0.25) is 4.40 Å². The van der Waals surface area contributed by atoms with Gasteiger partial charge in [-0.2, -0.15) is 0 Å². The molecule has 3 aromatic heterocycles. The molecular weight excluding hydrogens is 512 g/mol. The summed E-state index contributed by atoms with van der Waals surface area (Å²) in [5.41, 5.74) is 11.0. The molecule has 3 heterocycles. The second kappa shape index (κ2) is 8.92. The molecule has 196 valence electrons. The van der Waals surface area contributed by atoms with E-state index < -0.39 is 0 Å². The fourth-order valence-electron chi connectivity index (χ4n) is 6.47. The summed E-state index contributed by atoms with van der Waals surface area (Å²) in [7, 11) is 0. The summed E-state index contributed by atoms with van der Waals surface area (Å²) in [6, 6.07) is 47.5. The number of fused-ring (bicyclic) bond motifs is 9. The van der Waals surface area contributed by atoms with Crippen molar-refractivity contribution < 1.29 is 4.42 Å². The number of hydrogen-bond donors (Lipinski definition) is 0. The van der Waals surface area contributed by atoms with E-state index in [1.807, 2.05) is 24.5 Å². The fourth-order valence-corrected chi connectivity index (χ4v) is 6.47. The number of para-hydroxylation sites is 2. The summed E-state index contributed by atoms with van der Waals surface area (Å²) >= 11 is 0. The predicted octanol–water partition coefficient (Wildman–Crippen LogP) is 10.5. The Bertz CT molecular complexity index is 2480. The zero-order valence-electron chi connectivity index (χ0n) is 22.7. The third kappa shape index (κ3) is 3.44. The van der Waals surface area contributed by atoms with Crippen LogP contribution in [0.15, 0.2) is 150 Å². The normalized spacial score (nSPS) is 11.8. The highest BCUT2D eigenvalue weighted by molar-refractivity contribution is 6.13. The van der Waals surface area contributed by atoms with Crippen molar-refractivity contribution in [3.05, 3.63) is 146 Å². The summed E-state index contributed by atoms with van der Waals surface area (Å²) in [6.07, 6.45) is 3.92. The van der Waals surface area contributed by atoms with Crippen LogP contribution in [0.5, 0.6) is 0 Å². The van der Waals surface area contributed by atoms with E-state index in [0.717, 1.165) is 49.6 Å². The first-order valence-electron chi connectivity index (χ1n) is 14.2. The number of furan rings is 1. The van der Waals surface area contributed by atoms with Crippen molar-refractivity contribution in [2.24, 2.45) is 0 Å². The number of benzene rings is 6. The Morgan fingerprint density at radius 3 is 1.95 bits per heavy atom. The number of hydrogen-bond acceptors (Lipinski definition) is 2. The van der Waals surface area contributed by atoms with Gasteiger partial charge in [0.2, 0.25) is 0 Å². The van der Waals surface area contributed by atoms with Gasteiger partial charge in [-0.25, -0.2) is 4.98 Å². The van der Waals surface area contributed by atoms with Gasteiger partial charge in [0.05, 0.1) is 5.52 Å². The van der Waals surface area contributed by atoms with Crippen molar-refractivity contribution in [1.82, 2.24) is 9.38 Å². The van der Waals surface area contributed by atoms with Crippen molar-refractivity contribution in [3.8, 4) is 33.4 Å². The van der Waals surface area contributed by atoms with Crippen molar-refractivity contribution in [2.75, 3.05) is 0 Å². The van der Waals surface area contributed by atoms with Crippen LogP contribution in [-0.4, -0.2) is 9.38 Å². The van der Waals surface area contributed by atoms with E-state index in [4.69, 9.17) is 4.42 Å². The molecule has 0 radical (unpaired) electrons. The topological polar surface area (TPSA) is 30.4 Å². The lowest BCUT2D eigenvalue weighted by Crippen LogP contribution is -1.91. The summed E-state index contributed by atoms with van der Waals surface area (Å²) in [5.74, 6) is 0. The molecule has 0 N–H and O–H groups in total. The van der Waals surface area contributed by atoms with Gasteiger partial charge in [-0.05, 0) is 63.5 Å². The van der Waals surface area contributed by atoms with Gasteiger partial charge >= 0.3 is 0 Å². The maximum absolute atomic E-state index is 6.34. The van der Waals surface area contributed by atoms with E-state index >= 15 is 0 Å². The van der Waals surface area contributed by atoms with Crippen LogP contribution in [0.1, 0.15) is 0 Å². The molecule has 0 atom stereocenters. The van der Waals surface area contributed by atoms with Crippen LogP contribution >= 0.6 is 0 Å². The molecule has 0 bridgehead atoms. The Balaban J connectivity index is 1.16. The summed E-state index contributed by atoms with van der Waals surface area (Å²) in [5, 5.41) is 5.90. The van der Waals surface area contributed by atoms with Crippen LogP contribution in [0.25, 0.3) is 82.6 Å². The molecule has 0 amide bonds. The highest BCUT2D eigenvalue weighted by Crippen LogP contribution is 2.38. The molecule has 9 aromatic rings. The van der Waals surface area contributed by atoms with Gasteiger partial charge in [0, 0.05) is 39.5 Å². The van der Waals surface area contributed by atoms with Crippen LogP contribution in [0.3, 0.4) is 0 Å². The van der Waals surface area contributed by atoms with E-state index in [2.05, 4.69) is 131 Å². The van der Waals surface area contributed by atoms with E-state index in [1.54, 1.807) is 0 Å². The second-order valence-electron chi connectivity index (χ2n) is 10.8. The molecule has 0 unspecified atom stereocenters. The average molecular weight is 537 g/mol. The number of nitrogens with zero attached hydrogens (tertiary/aromatic N) is 2. The number of pyridine rings is 1. The fraction of sp³-hybridized carbons (Fsp3) is 0. The molecule has 3 nitrogen and oxygen atoms in total. The molecule has 0 aliphatic heterocycles. The van der Waals surface area contributed by atoms with E-state index in [9.17, 15) is 0 Å². The zero-order valence-corrected chi connectivity index (χ0v) is 22.7. The van der Waals surface area contributed by atoms with Crippen LogP contribution in [0.2, 0.25) is 0 Å². The monoisotopic (exact) mass is 536 g/mol. The molecule has 6 aromatic carbocycles. The SMILES string of the molecule is c1cc(-c2cccc(-c3cccc4c3oc3ccccc34)c2)cc(-c2ccc3c(c2)c2ccccc2c2nccn32)c1. The predicted molar refractivity (Wildman–Crippen MR) is 174 cm³/mol. The van der Waals surface area contributed by atoms with Gasteiger partial charge in [0.1, 0.15) is 16.8 Å². The maximum Gasteiger partial charge on any atom is 0.145 e. The molecule has 42 heavy (non-hydrogen) atoms. The van der Waals surface area contributed by atoms with Crippen LogP contribution in [0, 0.1) is 0 Å². The van der Waals surface area contributed by atoms with Gasteiger partial charge in [-0.15, -0.1) is 0 Å². The van der Waals surface area contributed by atoms with Crippen molar-refractivity contribution in [1.29, 1.82) is 0 Å². The lowest BCUT2D eigenvalue weighted by Gasteiger charge is -2.12.